The second-order valence-electron chi connectivity index (χ2n) is 3.73. The fourth-order valence-electron chi connectivity index (χ4n) is 1.27. The van der Waals surface area contributed by atoms with Crippen LogP contribution < -0.4 is 5.73 Å². The van der Waals surface area contributed by atoms with Crippen molar-refractivity contribution in [3.63, 3.8) is 0 Å². The Morgan fingerprint density at radius 1 is 1.33 bits per heavy atom. The van der Waals surface area contributed by atoms with Gasteiger partial charge in [-0.1, -0.05) is 26.7 Å². The summed E-state index contributed by atoms with van der Waals surface area (Å²) in [5.74, 6) is -1.02. The Balaban J connectivity index is 4.09. The van der Waals surface area contributed by atoms with Gasteiger partial charge in [-0.15, -0.1) is 0 Å². The molecule has 0 fully saturated rings. The molecule has 0 aromatic rings. The number of ether oxygens (including phenoxy) is 1. The normalized spacial score (nSPS) is 14.3. The van der Waals surface area contributed by atoms with Crippen LogP contribution in [0.2, 0.25) is 0 Å². The summed E-state index contributed by atoms with van der Waals surface area (Å²) in [6.45, 7) is 5.51. The third kappa shape index (κ3) is 5.40. The zero-order chi connectivity index (χ0) is 11.8. The Labute approximate surface area is 91.2 Å². The number of hydrogen-bond acceptors (Lipinski definition) is 3. The topological polar surface area (TPSA) is 69.4 Å². The maximum Gasteiger partial charge on any atom is 0.309 e. The predicted molar refractivity (Wildman–Crippen MR) is 58.1 cm³/mol. The number of carbonyl (C=O) groups is 2. The van der Waals surface area contributed by atoms with E-state index in [9.17, 15) is 9.59 Å². The maximum atomic E-state index is 11.6. The van der Waals surface area contributed by atoms with Gasteiger partial charge >= 0.3 is 5.97 Å². The molecule has 88 valence electrons. The fourth-order valence-corrected chi connectivity index (χ4v) is 1.27. The standard InChI is InChI=1S/C11H21NO3/c1-4-6-7-9(5-2)11(14)15-8(3)10(12)13/h8-9H,4-7H2,1-3H3,(H2,12,13)/t8-,9-/m1/s1. The second-order valence-corrected chi connectivity index (χ2v) is 3.73. The summed E-state index contributed by atoms with van der Waals surface area (Å²) in [5, 5.41) is 0. The summed E-state index contributed by atoms with van der Waals surface area (Å²) in [7, 11) is 0. The third-order valence-corrected chi connectivity index (χ3v) is 2.43. The van der Waals surface area contributed by atoms with Crippen LogP contribution in [0, 0.1) is 5.92 Å². The molecule has 0 saturated carbocycles. The number of primary amides is 1. The van der Waals surface area contributed by atoms with Crippen molar-refractivity contribution < 1.29 is 14.3 Å². The lowest BCUT2D eigenvalue weighted by molar-refractivity contribution is -0.158. The largest absolute Gasteiger partial charge is 0.452 e. The molecule has 0 aliphatic rings. The average molecular weight is 215 g/mol. The lowest BCUT2D eigenvalue weighted by atomic mass is 10.00. The number of nitrogens with two attached hydrogens (primary N) is 1. The number of carbonyl (C=O) groups excluding carboxylic acids is 2. The van der Waals surface area contributed by atoms with Gasteiger partial charge in [0, 0.05) is 0 Å². The minimum absolute atomic E-state index is 0.105. The molecular formula is C11H21NO3. The van der Waals surface area contributed by atoms with Crippen LogP contribution in [0.1, 0.15) is 46.5 Å². The Bertz CT molecular complexity index is 216. The molecule has 0 rings (SSSR count). The monoisotopic (exact) mass is 215 g/mol. The lowest BCUT2D eigenvalue weighted by Gasteiger charge is -2.16. The van der Waals surface area contributed by atoms with Crippen LogP contribution in [0.25, 0.3) is 0 Å². The number of hydrogen-bond donors (Lipinski definition) is 1. The molecule has 1 amide bonds. The number of unbranched alkanes of at least 4 members (excludes halogenated alkanes) is 1. The van der Waals surface area contributed by atoms with Crippen molar-refractivity contribution >= 4 is 11.9 Å². The highest BCUT2D eigenvalue weighted by Crippen LogP contribution is 2.15. The highest BCUT2D eigenvalue weighted by molar-refractivity contribution is 5.82. The second kappa shape index (κ2) is 7.26. The molecule has 4 nitrogen and oxygen atoms in total. The fraction of sp³-hybridized carbons (Fsp3) is 0.818. The van der Waals surface area contributed by atoms with E-state index in [4.69, 9.17) is 10.5 Å². The highest BCUT2D eigenvalue weighted by atomic mass is 16.5. The number of rotatable bonds is 7. The molecule has 0 aromatic heterocycles. The Morgan fingerprint density at radius 2 is 1.93 bits per heavy atom. The van der Waals surface area contributed by atoms with Crippen LogP contribution in [0.3, 0.4) is 0 Å². The van der Waals surface area contributed by atoms with Gasteiger partial charge in [-0.3, -0.25) is 9.59 Å². The van der Waals surface area contributed by atoms with E-state index < -0.39 is 12.0 Å². The van der Waals surface area contributed by atoms with Crippen LogP contribution in [0.4, 0.5) is 0 Å². The Morgan fingerprint density at radius 3 is 2.33 bits per heavy atom. The summed E-state index contributed by atoms with van der Waals surface area (Å²) in [6, 6.07) is 0. The molecule has 0 radical (unpaired) electrons. The molecule has 2 atom stereocenters. The quantitative estimate of drug-likeness (QED) is 0.656. The SMILES string of the molecule is CCCC[C@@H](CC)C(=O)O[C@H](C)C(N)=O. The molecule has 0 aliphatic heterocycles. The van der Waals surface area contributed by atoms with Crippen molar-refractivity contribution in [3.05, 3.63) is 0 Å². The van der Waals surface area contributed by atoms with Crippen molar-refractivity contribution in [2.75, 3.05) is 0 Å². The summed E-state index contributed by atoms with van der Waals surface area (Å²) >= 11 is 0. The van der Waals surface area contributed by atoms with E-state index in [-0.39, 0.29) is 11.9 Å². The van der Waals surface area contributed by atoms with E-state index in [0.29, 0.717) is 0 Å². The van der Waals surface area contributed by atoms with E-state index >= 15 is 0 Å². The minimum atomic E-state index is -0.826. The van der Waals surface area contributed by atoms with Crippen LogP contribution in [-0.2, 0) is 14.3 Å². The molecule has 2 N–H and O–H groups in total. The molecule has 0 aliphatic carbocycles. The van der Waals surface area contributed by atoms with E-state index in [0.717, 1.165) is 25.7 Å². The molecule has 4 heteroatoms. The number of amides is 1. The molecule has 15 heavy (non-hydrogen) atoms. The first kappa shape index (κ1) is 13.9. The van der Waals surface area contributed by atoms with Gasteiger partial charge in [-0.25, -0.2) is 0 Å². The van der Waals surface area contributed by atoms with Crippen LogP contribution in [-0.4, -0.2) is 18.0 Å². The molecule has 0 spiro atoms. The van der Waals surface area contributed by atoms with E-state index in [1.807, 2.05) is 6.92 Å². The smallest absolute Gasteiger partial charge is 0.309 e. The van der Waals surface area contributed by atoms with Crippen molar-refractivity contribution in [3.8, 4) is 0 Å². The van der Waals surface area contributed by atoms with Gasteiger partial charge in [-0.05, 0) is 19.8 Å². The zero-order valence-corrected chi connectivity index (χ0v) is 9.79. The lowest BCUT2D eigenvalue weighted by Crippen LogP contribution is -2.32. The van der Waals surface area contributed by atoms with Crippen LogP contribution in [0.5, 0.6) is 0 Å². The zero-order valence-electron chi connectivity index (χ0n) is 9.79. The molecule has 0 bridgehead atoms. The van der Waals surface area contributed by atoms with Crippen molar-refractivity contribution in [1.29, 1.82) is 0 Å². The van der Waals surface area contributed by atoms with Crippen molar-refractivity contribution in [2.45, 2.75) is 52.6 Å². The third-order valence-electron chi connectivity index (χ3n) is 2.43. The Hall–Kier alpha value is -1.06. The van der Waals surface area contributed by atoms with Gasteiger partial charge < -0.3 is 10.5 Å². The maximum absolute atomic E-state index is 11.6. The van der Waals surface area contributed by atoms with Gasteiger partial charge in [0.15, 0.2) is 6.10 Å². The molecule has 0 unspecified atom stereocenters. The van der Waals surface area contributed by atoms with Crippen molar-refractivity contribution in [2.24, 2.45) is 11.7 Å². The van der Waals surface area contributed by atoms with Crippen LogP contribution in [0.15, 0.2) is 0 Å². The highest BCUT2D eigenvalue weighted by Gasteiger charge is 2.21. The van der Waals surface area contributed by atoms with Gasteiger partial charge in [-0.2, -0.15) is 0 Å². The van der Waals surface area contributed by atoms with Crippen molar-refractivity contribution in [1.82, 2.24) is 0 Å². The van der Waals surface area contributed by atoms with Gasteiger partial charge in [0.05, 0.1) is 5.92 Å². The predicted octanol–water partition coefficient (Wildman–Crippen LogP) is 1.62. The van der Waals surface area contributed by atoms with Crippen LogP contribution >= 0.6 is 0 Å². The first-order chi connectivity index (χ1) is 7.02. The first-order valence-electron chi connectivity index (χ1n) is 5.52. The summed E-state index contributed by atoms with van der Waals surface area (Å²) in [5.41, 5.74) is 5.01. The molecule has 0 heterocycles. The first-order valence-corrected chi connectivity index (χ1v) is 5.52. The van der Waals surface area contributed by atoms with E-state index in [1.165, 1.54) is 6.92 Å². The van der Waals surface area contributed by atoms with E-state index in [2.05, 4.69) is 6.92 Å². The summed E-state index contributed by atoms with van der Waals surface area (Å²) in [6.07, 6.45) is 2.78. The summed E-state index contributed by atoms with van der Waals surface area (Å²) in [4.78, 5) is 22.3. The Kier molecular flexibility index (Phi) is 6.75. The van der Waals surface area contributed by atoms with Gasteiger partial charge in [0.2, 0.25) is 0 Å². The molecular weight excluding hydrogens is 194 g/mol. The van der Waals surface area contributed by atoms with Gasteiger partial charge in [0.25, 0.3) is 5.91 Å². The molecule has 0 aromatic carbocycles. The summed E-state index contributed by atoms with van der Waals surface area (Å²) < 4.78 is 4.95. The van der Waals surface area contributed by atoms with Gasteiger partial charge in [0.1, 0.15) is 0 Å². The number of esters is 1. The molecule has 0 saturated heterocycles. The van der Waals surface area contributed by atoms with E-state index in [1.54, 1.807) is 0 Å². The minimum Gasteiger partial charge on any atom is -0.452 e. The average Bonchev–Trinajstić information content (AvgIpc) is 2.18.